The Morgan fingerprint density at radius 2 is 2.00 bits per heavy atom. The topological polar surface area (TPSA) is 12.0 Å². The Kier molecular flexibility index (Phi) is 2.73. The van der Waals surface area contributed by atoms with E-state index in [9.17, 15) is 0 Å². The van der Waals surface area contributed by atoms with Crippen molar-refractivity contribution in [3.05, 3.63) is 11.6 Å². The van der Waals surface area contributed by atoms with E-state index in [4.69, 9.17) is 0 Å². The monoisotopic (exact) mass is 179 g/mol. The van der Waals surface area contributed by atoms with Crippen LogP contribution >= 0.6 is 0 Å². The molecule has 1 N–H and O–H groups in total. The predicted octanol–water partition coefficient (Wildman–Crippen LogP) is 2.88. The summed E-state index contributed by atoms with van der Waals surface area (Å²) >= 11 is 0. The molecule has 0 aromatic heterocycles. The van der Waals surface area contributed by atoms with Crippen LogP contribution in [0.25, 0.3) is 0 Å². The van der Waals surface area contributed by atoms with Gasteiger partial charge in [0.1, 0.15) is 0 Å². The molecule has 1 aliphatic heterocycles. The fourth-order valence-electron chi connectivity index (χ4n) is 2.56. The molecule has 0 atom stereocenters. The van der Waals surface area contributed by atoms with Gasteiger partial charge < -0.3 is 5.32 Å². The molecule has 0 spiro atoms. The molecule has 0 bridgehead atoms. The molecule has 1 aliphatic carbocycles. The zero-order valence-electron chi connectivity index (χ0n) is 8.73. The number of piperidine rings is 1. The first kappa shape index (κ1) is 9.26. The van der Waals surface area contributed by atoms with Gasteiger partial charge in [-0.05, 0) is 50.6 Å². The second-order valence-corrected chi connectivity index (χ2v) is 4.62. The minimum Gasteiger partial charge on any atom is -0.316 e. The molecule has 0 aromatic carbocycles. The van der Waals surface area contributed by atoms with Crippen LogP contribution in [0.15, 0.2) is 11.6 Å². The number of hydrogen-bond acceptors (Lipinski definition) is 1. The molecule has 1 heterocycles. The van der Waals surface area contributed by atoms with E-state index in [2.05, 4.69) is 18.3 Å². The minimum absolute atomic E-state index is 0.632. The van der Waals surface area contributed by atoms with Crippen molar-refractivity contribution in [2.75, 3.05) is 13.1 Å². The summed E-state index contributed by atoms with van der Waals surface area (Å²) in [4.78, 5) is 0. The third-order valence-electron chi connectivity index (χ3n) is 3.81. The molecule has 0 amide bonds. The number of rotatable bonds is 2. The summed E-state index contributed by atoms with van der Waals surface area (Å²) in [5.41, 5.74) is 2.35. The van der Waals surface area contributed by atoms with Gasteiger partial charge in [-0.1, -0.05) is 25.0 Å². The minimum atomic E-state index is 0.632. The Bertz CT molecular complexity index is 188. The highest BCUT2D eigenvalue weighted by Crippen LogP contribution is 2.46. The van der Waals surface area contributed by atoms with E-state index in [1.54, 1.807) is 5.57 Å². The number of allylic oxidation sites excluding steroid dienone is 1. The summed E-state index contributed by atoms with van der Waals surface area (Å²) in [6, 6.07) is 0. The number of hydrogen-bond donors (Lipinski definition) is 1. The van der Waals surface area contributed by atoms with Gasteiger partial charge in [0.15, 0.2) is 0 Å². The van der Waals surface area contributed by atoms with Crippen LogP contribution in [0.3, 0.4) is 0 Å². The zero-order chi connectivity index (χ0) is 9.15. The largest absolute Gasteiger partial charge is 0.316 e. The van der Waals surface area contributed by atoms with Crippen LogP contribution < -0.4 is 5.32 Å². The van der Waals surface area contributed by atoms with Gasteiger partial charge in [0.2, 0.25) is 0 Å². The van der Waals surface area contributed by atoms with Crippen molar-refractivity contribution in [3.8, 4) is 0 Å². The van der Waals surface area contributed by atoms with Gasteiger partial charge in [0.05, 0.1) is 0 Å². The lowest BCUT2D eigenvalue weighted by Crippen LogP contribution is -2.29. The van der Waals surface area contributed by atoms with Gasteiger partial charge in [-0.3, -0.25) is 0 Å². The smallest absolute Gasteiger partial charge is 0.00115 e. The van der Waals surface area contributed by atoms with Crippen LogP contribution in [0.5, 0.6) is 0 Å². The van der Waals surface area contributed by atoms with Crippen molar-refractivity contribution in [1.29, 1.82) is 0 Å². The van der Waals surface area contributed by atoms with Crippen molar-refractivity contribution < 1.29 is 0 Å². The van der Waals surface area contributed by atoms with Crippen molar-refractivity contribution in [3.63, 3.8) is 0 Å². The molecule has 1 heteroatoms. The van der Waals surface area contributed by atoms with Gasteiger partial charge >= 0.3 is 0 Å². The van der Waals surface area contributed by atoms with Crippen molar-refractivity contribution in [2.24, 2.45) is 5.41 Å². The molecule has 74 valence electrons. The van der Waals surface area contributed by atoms with E-state index in [-0.39, 0.29) is 0 Å². The third-order valence-corrected chi connectivity index (χ3v) is 3.81. The van der Waals surface area contributed by atoms with E-state index in [0.717, 1.165) is 0 Å². The van der Waals surface area contributed by atoms with Crippen LogP contribution in [0, 0.1) is 5.41 Å². The van der Waals surface area contributed by atoms with E-state index in [0.29, 0.717) is 5.41 Å². The van der Waals surface area contributed by atoms with E-state index in [1.807, 2.05) is 0 Å². The summed E-state index contributed by atoms with van der Waals surface area (Å²) in [5, 5.41) is 3.41. The second-order valence-electron chi connectivity index (χ2n) is 4.62. The molecule has 1 saturated heterocycles. The standard InChI is InChI=1S/C12H21N/c1-2-12(6-3-7-12)10-11-4-8-13-9-5-11/h10,13H,2-9H2,1H3. The normalized spacial score (nSPS) is 26.7. The SMILES string of the molecule is CCC1(C=C2CCNCC2)CCC1. The average molecular weight is 179 g/mol. The summed E-state index contributed by atoms with van der Waals surface area (Å²) in [6.45, 7) is 4.74. The maximum Gasteiger partial charge on any atom is -0.00115 e. The van der Waals surface area contributed by atoms with Crippen LogP contribution in [0.2, 0.25) is 0 Å². The Labute approximate surface area is 81.6 Å². The Balaban J connectivity index is 1.99. The van der Waals surface area contributed by atoms with Crippen LogP contribution in [0.1, 0.15) is 45.4 Å². The van der Waals surface area contributed by atoms with E-state index >= 15 is 0 Å². The molecule has 1 saturated carbocycles. The fraction of sp³-hybridized carbons (Fsp3) is 0.833. The van der Waals surface area contributed by atoms with Crippen molar-refractivity contribution in [2.45, 2.75) is 45.4 Å². The molecule has 2 aliphatic rings. The first-order valence-corrected chi connectivity index (χ1v) is 5.76. The summed E-state index contributed by atoms with van der Waals surface area (Å²) < 4.78 is 0. The molecular weight excluding hydrogens is 158 g/mol. The van der Waals surface area contributed by atoms with Crippen molar-refractivity contribution >= 4 is 0 Å². The maximum absolute atomic E-state index is 3.41. The van der Waals surface area contributed by atoms with Gasteiger partial charge in [0.25, 0.3) is 0 Å². The average Bonchev–Trinajstić information content (AvgIpc) is 2.13. The Hall–Kier alpha value is -0.300. The lowest BCUT2D eigenvalue weighted by molar-refractivity contribution is 0.194. The Morgan fingerprint density at radius 1 is 1.31 bits per heavy atom. The molecule has 0 aromatic rings. The molecule has 2 fully saturated rings. The highest BCUT2D eigenvalue weighted by molar-refractivity contribution is 5.14. The second kappa shape index (κ2) is 3.83. The quantitative estimate of drug-likeness (QED) is 0.643. The molecule has 2 rings (SSSR count). The lowest BCUT2D eigenvalue weighted by Gasteiger charge is -2.40. The van der Waals surface area contributed by atoms with E-state index < -0.39 is 0 Å². The molecule has 13 heavy (non-hydrogen) atoms. The Morgan fingerprint density at radius 3 is 2.46 bits per heavy atom. The van der Waals surface area contributed by atoms with Gasteiger partial charge in [-0.15, -0.1) is 0 Å². The summed E-state index contributed by atoms with van der Waals surface area (Å²) in [5.74, 6) is 0. The summed E-state index contributed by atoms with van der Waals surface area (Å²) in [7, 11) is 0. The highest BCUT2D eigenvalue weighted by atomic mass is 14.9. The highest BCUT2D eigenvalue weighted by Gasteiger charge is 2.33. The third kappa shape index (κ3) is 1.96. The van der Waals surface area contributed by atoms with E-state index in [1.165, 1.54) is 51.6 Å². The molecular formula is C12H21N. The van der Waals surface area contributed by atoms with Gasteiger partial charge in [-0.25, -0.2) is 0 Å². The van der Waals surface area contributed by atoms with Gasteiger partial charge in [-0.2, -0.15) is 0 Å². The first-order valence-electron chi connectivity index (χ1n) is 5.76. The molecule has 0 radical (unpaired) electrons. The molecule has 1 nitrogen and oxygen atoms in total. The van der Waals surface area contributed by atoms with Crippen LogP contribution in [0.4, 0.5) is 0 Å². The summed E-state index contributed by atoms with van der Waals surface area (Å²) in [6.07, 6.45) is 10.9. The fourth-order valence-corrected chi connectivity index (χ4v) is 2.56. The lowest BCUT2D eigenvalue weighted by atomic mass is 9.66. The predicted molar refractivity (Wildman–Crippen MR) is 56.8 cm³/mol. The van der Waals surface area contributed by atoms with Gasteiger partial charge in [0, 0.05) is 0 Å². The maximum atomic E-state index is 3.41. The first-order chi connectivity index (χ1) is 6.35. The van der Waals surface area contributed by atoms with Crippen molar-refractivity contribution in [1.82, 2.24) is 5.32 Å². The zero-order valence-corrected chi connectivity index (χ0v) is 8.73. The van der Waals surface area contributed by atoms with Crippen LogP contribution in [-0.2, 0) is 0 Å². The molecule has 0 unspecified atom stereocenters. The van der Waals surface area contributed by atoms with Crippen LogP contribution in [-0.4, -0.2) is 13.1 Å². The number of nitrogens with one attached hydrogen (secondary N) is 1.